The van der Waals surface area contributed by atoms with Crippen molar-refractivity contribution < 1.29 is 19.6 Å². The highest BCUT2D eigenvalue weighted by molar-refractivity contribution is 5.71. The van der Waals surface area contributed by atoms with Gasteiger partial charge in [-0.2, -0.15) is 5.10 Å². The highest BCUT2D eigenvalue weighted by atomic mass is 16.6. The van der Waals surface area contributed by atoms with Crippen molar-refractivity contribution in [2.45, 2.75) is 12.6 Å². The SMILES string of the molecule is COC(=O)CNCC(O)Cn1cc([N+](=O)[O-])cn1. The number of nitrogens with zero attached hydrogens (tertiary/aromatic N) is 3. The molecule has 0 radical (unpaired) electrons. The Bertz CT molecular complexity index is 419. The fraction of sp³-hybridized carbons (Fsp3) is 0.556. The molecular weight excluding hydrogens is 244 g/mol. The van der Waals surface area contributed by atoms with Crippen LogP contribution in [0.3, 0.4) is 0 Å². The second-order valence-corrected chi connectivity index (χ2v) is 3.54. The van der Waals surface area contributed by atoms with Gasteiger partial charge in [-0.05, 0) is 0 Å². The van der Waals surface area contributed by atoms with E-state index in [1.54, 1.807) is 0 Å². The number of carbonyl (C=O) groups excluding carboxylic acids is 1. The Morgan fingerprint density at radius 1 is 1.78 bits per heavy atom. The molecule has 1 heterocycles. The number of ether oxygens (including phenoxy) is 1. The molecule has 1 aromatic rings. The summed E-state index contributed by atoms with van der Waals surface area (Å²) >= 11 is 0. The number of aliphatic hydroxyl groups excluding tert-OH is 1. The van der Waals surface area contributed by atoms with Gasteiger partial charge < -0.3 is 15.2 Å². The van der Waals surface area contributed by atoms with E-state index in [0.29, 0.717) is 0 Å². The van der Waals surface area contributed by atoms with Gasteiger partial charge in [0, 0.05) is 6.54 Å². The maximum absolute atomic E-state index is 10.8. The number of methoxy groups -OCH3 is 1. The average Bonchev–Trinajstić information content (AvgIpc) is 2.77. The first-order chi connectivity index (χ1) is 8.52. The summed E-state index contributed by atoms with van der Waals surface area (Å²) in [6.07, 6.45) is 1.52. The second kappa shape index (κ2) is 6.67. The van der Waals surface area contributed by atoms with Crippen LogP contribution in [0.5, 0.6) is 0 Å². The van der Waals surface area contributed by atoms with Gasteiger partial charge in [0.05, 0.1) is 31.2 Å². The minimum Gasteiger partial charge on any atom is -0.468 e. The van der Waals surface area contributed by atoms with Crippen molar-refractivity contribution in [2.24, 2.45) is 0 Å². The number of hydrogen-bond acceptors (Lipinski definition) is 7. The van der Waals surface area contributed by atoms with Crippen molar-refractivity contribution in [3.63, 3.8) is 0 Å². The molecule has 1 unspecified atom stereocenters. The summed E-state index contributed by atoms with van der Waals surface area (Å²) in [4.78, 5) is 20.6. The lowest BCUT2D eigenvalue weighted by Crippen LogP contribution is -2.34. The molecule has 0 bridgehead atoms. The van der Waals surface area contributed by atoms with E-state index in [4.69, 9.17) is 0 Å². The molecule has 0 fully saturated rings. The standard InChI is InChI=1S/C9H14N4O5/c1-18-9(15)4-10-3-8(14)6-12-5-7(2-11-12)13(16)17/h2,5,8,10,14H,3-4,6H2,1H3. The monoisotopic (exact) mass is 258 g/mol. The Morgan fingerprint density at radius 2 is 2.50 bits per heavy atom. The third-order valence-electron chi connectivity index (χ3n) is 2.11. The summed E-state index contributed by atoms with van der Waals surface area (Å²) in [5.74, 6) is -0.433. The van der Waals surface area contributed by atoms with Crippen LogP contribution in [0, 0.1) is 10.1 Å². The molecule has 0 spiro atoms. The van der Waals surface area contributed by atoms with Crippen LogP contribution in [0.25, 0.3) is 0 Å². The number of carbonyl (C=O) groups is 1. The number of rotatable bonds is 7. The third kappa shape index (κ3) is 4.47. The largest absolute Gasteiger partial charge is 0.468 e. The first kappa shape index (κ1) is 14.1. The van der Waals surface area contributed by atoms with E-state index in [2.05, 4.69) is 15.2 Å². The maximum Gasteiger partial charge on any atom is 0.319 e. The molecule has 9 heteroatoms. The summed E-state index contributed by atoms with van der Waals surface area (Å²) in [5.41, 5.74) is -0.135. The van der Waals surface area contributed by atoms with Crippen LogP contribution in [-0.4, -0.2) is 52.1 Å². The van der Waals surface area contributed by atoms with Crippen LogP contribution in [0.4, 0.5) is 5.69 Å². The van der Waals surface area contributed by atoms with Crippen LogP contribution in [0.15, 0.2) is 12.4 Å². The van der Waals surface area contributed by atoms with Crippen LogP contribution < -0.4 is 5.32 Å². The topological polar surface area (TPSA) is 120 Å². The van der Waals surface area contributed by atoms with Gasteiger partial charge in [-0.1, -0.05) is 0 Å². The smallest absolute Gasteiger partial charge is 0.319 e. The summed E-state index contributed by atoms with van der Waals surface area (Å²) in [7, 11) is 1.27. The Labute approximate surface area is 103 Å². The van der Waals surface area contributed by atoms with E-state index in [0.717, 1.165) is 6.20 Å². The zero-order valence-corrected chi connectivity index (χ0v) is 9.78. The Morgan fingerprint density at radius 3 is 3.06 bits per heavy atom. The Balaban J connectivity index is 2.32. The van der Waals surface area contributed by atoms with Gasteiger partial charge >= 0.3 is 11.7 Å². The fourth-order valence-electron chi connectivity index (χ4n) is 1.24. The van der Waals surface area contributed by atoms with E-state index in [-0.39, 0.29) is 25.3 Å². The van der Waals surface area contributed by atoms with Gasteiger partial charge in [0.15, 0.2) is 0 Å². The summed E-state index contributed by atoms with van der Waals surface area (Å²) in [5, 5.41) is 26.4. The van der Waals surface area contributed by atoms with E-state index in [9.17, 15) is 20.0 Å². The number of esters is 1. The molecule has 0 aromatic carbocycles. The number of aromatic nitrogens is 2. The minimum absolute atomic E-state index is 0.00713. The summed E-state index contributed by atoms with van der Waals surface area (Å²) in [6.45, 7) is 0.248. The fourth-order valence-corrected chi connectivity index (χ4v) is 1.24. The Kier molecular flexibility index (Phi) is 5.21. The molecule has 0 amide bonds. The van der Waals surface area contributed by atoms with Crippen molar-refractivity contribution in [3.8, 4) is 0 Å². The lowest BCUT2D eigenvalue weighted by Gasteiger charge is -2.10. The van der Waals surface area contributed by atoms with E-state index in [1.807, 2.05) is 0 Å². The number of aliphatic hydroxyl groups is 1. The molecule has 0 aliphatic rings. The van der Waals surface area contributed by atoms with E-state index >= 15 is 0 Å². The molecule has 0 saturated heterocycles. The average molecular weight is 258 g/mol. The van der Waals surface area contributed by atoms with Gasteiger partial charge in [0.25, 0.3) is 0 Å². The Hall–Kier alpha value is -2.00. The lowest BCUT2D eigenvalue weighted by molar-refractivity contribution is -0.385. The van der Waals surface area contributed by atoms with Crippen LogP contribution in [0.2, 0.25) is 0 Å². The predicted octanol–water partition coefficient (Wildman–Crippen LogP) is -1.09. The van der Waals surface area contributed by atoms with Crippen LogP contribution >= 0.6 is 0 Å². The lowest BCUT2D eigenvalue weighted by atomic mass is 10.3. The molecule has 18 heavy (non-hydrogen) atoms. The van der Waals surface area contributed by atoms with E-state index < -0.39 is 17.0 Å². The normalized spacial score (nSPS) is 12.1. The summed E-state index contributed by atoms with van der Waals surface area (Å²) < 4.78 is 5.67. The molecule has 2 N–H and O–H groups in total. The minimum atomic E-state index is -0.811. The highest BCUT2D eigenvalue weighted by Gasteiger charge is 2.12. The molecule has 0 saturated carbocycles. The van der Waals surface area contributed by atoms with Gasteiger partial charge in [0.2, 0.25) is 0 Å². The van der Waals surface area contributed by atoms with Gasteiger partial charge in [0.1, 0.15) is 12.4 Å². The molecule has 1 rings (SSSR count). The number of nitrogens with one attached hydrogen (secondary N) is 1. The third-order valence-corrected chi connectivity index (χ3v) is 2.11. The van der Waals surface area contributed by atoms with Crippen molar-refractivity contribution in [1.29, 1.82) is 0 Å². The van der Waals surface area contributed by atoms with Crippen molar-refractivity contribution in [1.82, 2.24) is 15.1 Å². The molecule has 1 aromatic heterocycles. The second-order valence-electron chi connectivity index (χ2n) is 3.54. The van der Waals surface area contributed by atoms with Crippen LogP contribution in [0.1, 0.15) is 0 Å². The first-order valence-corrected chi connectivity index (χ1v) is 5.15. The van der Waals surface area contributed by atoms with Crippen LogP contribution in [-0.2, 0) is 16.1 Å². The molecule has 0 aliphatic heterocycles. The van der Waals surface area contributed by atoms with Crippen molar-refractivity contribution >= 4 is 11.7 Å². The quantitative estimate of drug-likeness (QED) is 0.362. The highest BCUT2D eigenvalue weighted by Crippen LogP contribution is 2.07. The maximum atomic E-state index is 10.8. The van der Waals surface area contributed by atoms with Gasteiger partial charge in [-0.15, -0.1) is 0 Å². The van der Waals surface area contributed by atoms with Crippen molar-refractivity contribution in [3.05, 3.63) is 22.5 Å². The van der Waals surface area contributed by atoms with E-state index in [1.165, 1.54) is 18.0 Å². The first-order valence-electron chi connectivity index (χ1n) is 5.15. The molecule has 0 aliphatic carbocycles. The molecular formula is C9H14N4O5. The molecule has 1 atom stereocenters. The van der Waals surface area contributed by atoms with Crippen molar-refractivity contribution in [2.75, 3.05) is 20.2 Å². The number of nitro groups is 1. The zero-order chi connectivity index (χ0) is 13.5. The zero-order valence-electron chi connectivity index (χ0n) is 9.78. The van der Waals surface area contributed by atoms with Gasteiger partial charge in [-0.25, -0.2) is 0 Å². The summed E-state index contributed by atoms with van der Waals surface area (Å²) in [6, 6.07) is 0. The van der Waals surface area contributed by atoms with Gasteiger partial charge in [-0.3, -0.25) is 19.6 Å². The molecule has 100 valence electrons. The number of hydrogen-bond donors (Lipinski definition) is 2. The molecule has 9 nitrogen and oxygen atoms in total. The predicted molar refractivity (Wildman–Crippen MR) is 59.8 cm³/mol.